The molecule has 1 N–H and O–H groups in total. The van der Waals surface area contributed by atoms with E-state index in [-0.39, 0.29) is 11.9 Å². The van der Waals surface area contributed by atoms with E-state index in [0.29, 0.717) is 17.0 Å². The normalized spacial score (nSPS) is 12.4. The molecule has 1 atom stereocenters. The maximum Gasteiger partial charge on any atom is 0.126 e. The van der Waals surface area contributed by atoms with E-state index < -0.39 is 0 Å². The van der Waals surface area contributed by atoms with Crippen LogP contribution in [0.25, 0.3) is 0 Å². The fourth-order valence-electron chi connectivity index (χ4n) is 2.03. The van der Waals surface area contributed by atoms with Gasteiger partial charge in [-0.25, -0.2) is 4.39 Å². The van der Waals surface area contributed by atoms with Crippen LogP contribution in [0.2, 0.25) is 5.02 Å². The fraction of sp³-hybridized carbons (Fsp3) is 0.267. The number of aromatic nitrogens is 1. The minimum atomic E-state index is -0.233. The van der Waals surface area contributed by atoms with E-state index in [1.807, 2.05) is 25.1 Å². The molecule has 1 aromatic heterocycles. The van der Waals surface area contributed by atoms with Crippen LogP contribution in [0, 0.1) is 5.82 Å². The molecule has 0 bridgehead atoms. The molecule has 1 unspecified atom stereocenters. The molecule has 2 rings (SSSR count). The second-order valence-corrected chi connectivity index (χ2v) is 4.74. The number of halogens is 2. The molecule has 1 heterocycles. The highest BCUT2D eigenvalue weighted by Crippen LogP contribution is 2.21. The summed E-state index contributed by atoms with van der Waals surface area (Å²) in [6, 6.07) is 10.4. The Bertz CT molecular complexity index is 531. The van der Waals surface area contributed by atoms with Crippen molar-refractivity contribution in [3.05, 3.63) is 64.7 Å². The third-order valence-electron chi connectivity index (χ3n) is 2.93. The average molecular weight is 279 g/mol. The molecule has 0 aliphatic heterocycles. The molecule has 1 aromatic carbocycles. The van der Waals surface area contributed by atoms with Gasteiger partial charge in [0.1, 0.15) is 5.82 Å². The molecular weight excluding hydrogens is 263 g/mol. The van der Waals surface area contributed by atoms with Gasteiger partial charge in [0, 0.05) is 11.2 Å². The summed E-state index contributed by atoms with van der Waals surface area (Å²) in [5.74, 6) is -0.233. The van der Waals surface area contributed by atoms with Crippen LogP contribution in [-0.4, -0.2) is 11.5 Å². The van der Waals surface area contributed by atoms with Gasteiger partial charge in [-0.1, -0.05) is 24.6 Å². The van der Waals surface area contributed by atoms with Gasteiger partial charge in [0.25, 0.3) is 0 Å². The van der Waals surface area contributed by atoms with Crippen LogP contribution in [-0.2, 0) is 6.42 Å². The first-order chi connectivity index (χ1) is 9.20. The number of likely N-dealkylation sites (N-methyl/N-ethyl adjacent to an activating group) is 1. The van der Waals surface area contributed by atoms with Crippen LogP contribution in [0.1, 0.15) is 24.2 Å². The van der Waals surface area contributed by atoms with E-state index in [2.05, 4.69) is 10.3 Å². The Hall–Kier alpha value is -1.45. The highest BCUT2D eigenvalue weighted by molar-refractivity contribution is 6.30. The summed E-state index contributed by atoms with van der Waals surface area (Å²) in [4.78, 5) is 4.33. The predicted molar refractivity (Wildman–Crippen MR) is 75.8 cm³/mol. The molecule has 0 aliphatic rings. The molecule has 0 fully saturated rings. The first-order valence-corrected chi connectivity index (χ1v) is 6.66. The largest absolute Gasteiger partial charge is 0.309 e. The first-order valence-electron chi connectivity index (χ1n) is 6.29. The summed E-state index contributed by atoms with van der Waals surface area (Å²) in [7, 11) is 0. The lowest BCUT2D eigenvalue weighted by Gasteiger charge is -2.18. The number of pyridine rings is 1. The summed E-state index contributed by atoms with van der Waals surface area (Å²) < 4.78 is 13.8. The third kappa shape index (κ3) is 3.75. The van der Waals surface area contributed by atoms with Crippen molar-refractivity contribution in [1.82, 2.24) is 10.3 Å². The fourth-order valence-corrected chi connectivity index (χ4v) is 2.22. The number of nitrogens with zero attached hydrogens (tertiary/aromatic N) is 1. The molecule has 0 saturated heterocycles. The Morgan fingerprint density at radius 2 is 2.16 bits per heavy atom. The Labute approximate surface area is 117 Å². The first kappa shape index (κ1) is 14.0. The number of rotatable bonds is 5. The molecule has 4 heteroatoms. The molecule has 19 heavy (non-hydrogen) atoms. The van der Waals surface area contributed by atoms with Gasteiger partial charge in [-0.05, 0) is 48.9 Å². The lowest BCUT2D eigenvalue weighted by Crippen LogP contribution is -2.24. The number of hydrogen-bond acceptors (Lipinski definition) is 2. The van der Waals surface area contributed by atoms with Gasteiger partial charge < -0.3 is 5.32 Å². The summed E-state index contributed by atoms with van der Waals surface area (Å²) in [6.45, 7) is 2.81. The molecular formula is C15H16ClFN2. The zero-order valence-electron chi connectivity index (χ0n) is 10.7. The second kappa shape index (κ2) is 6.64. The average Bonchev–Trinajstić information content (AvgIpc) is 2.43. The highest BCUT2D eigenvalue weighted by atomic mass is 35.5. The minimum absolute atomic E-state index is 0.0147. The molecule has 0 amide bonds. The van der Waals surface area contributed by atoms with Crippen molar-refractivity contribution in [1.29, 1.82) is 0 Å². The van der Waals surface area contributed by atoms with Gasteiger partial charge in [-0.15, -0.1) is 0 Å². The van der Waals surface area contributed by atoms with Crippen molar-refractivity contribution >= 4 is 11.6 Å². The van der Waals surface area contributed by atoms with E-state index in [4.69, 9.17) is 11.6 Å². The number of hydrogen-bond donors (Lipinski definition) is 1. The van der Waals surface area contributed by atoms with Crippen molar-refractivity contribution < 1.29 is 4.39 Å². The lowest BCUT2D eigenvalue weighted by molar-refractivity contribution is 0.518. The zero-order chi connectivity index (χ0) is 13.7. The van der Waals surface area contributed by atoms with Crippen LogP contribution >= 0.6 is 11.6 Å². The van der Waals surface area contributed by atoms with E-state index >= 15 is 0 Å². The summed E-state index contributed by atoms with van der Waals surface area (Å²) in [6.07, 6.45) is 2.27. The predicted octanol–water partition coefficient (Wildman–Crippen LogP) is 3.77. The molecule has 2 aromatic rings. The molecule has 0 spiro atoms. The number of benzene rings is 1. The summed E-state index contributed by atoms with van der Waals surface area (Å²) in [5, 5.41) is 3.87. The monoisotopic (exact) mass is 278 g/mol. The maximum absolute atomic E-state index is 13.8. The van der Waals surface area contributed by atoms with Gasteiger partial charge in [0.05, 0.1) is 11.7 Å². The van der Waals surface area contributed by atoms with Gasteiger partial charge >= 0.3 is 0 Å². The van der Waals surface area contributed by atoms with Crippen LogP contribution < -0.4 is 5.32 Å². The second-order valence-electron chi connectivity index (χ2n) is 4.30. The van der Waals surface area contributed by atoms with Crippen molar-refractivity contribution in [3.63, 3.8) is 0 Å². The van der Waals surface area contributed by atoms with Gasteiger partial charge in [-0.3, -0.25) is 4.98 Å². The van der Waals surface area contributed by atoms with E-state index in [1.165, 1.54) is 6.07 Å². The summed E-state index contributed by atoms with van der Waals surface area (Å²) >= 11 is 5.92. The molecule has 0 aliphatic carbocycles. The van der Waals surface area contributed by atoms with Gasteiger partial charge in [0.2, 0.25) is 0 Å². The SMILES string of the molecule is CCNC(Cc1cc(Cl)ccc1F)c1ccccn1. The Morgan fingerprint density at radius 3 is 2.84 bits per heavy atom. The quantitative estimate of drug-likeness (QED) is 0.901. The van der Waals surface area contributed by atoms with Crippen molar-refractivity contribution in [2.45, 2.75) is 19.4 Å². The van der Waals surface area contributed by atoms with Crippen LogP contribution in [0.4, 0.5) is 4.39 Å². The number of nitrogens with one attached hydrogen (secondary N) is 1. The smallest absolute Gasteiger partial charge is 0.126 e. The van der Waals surface area contributed by atoms with Crippen molar-refractivity contribution in [2.75, 3.05) is 6.54 Å². The van der Waals surface area contributed by atoms with Crippen molar-refractivity contribution in [2.24, 2.45) is 0 Å². The van der Waals surface area contributed by atoms with E-state index in [1.54, 1.807) is 18.3 Å². The highest BCUT2D eigenvalue weighted by Gasteiger charge is 2.14. The van der Waals surface area contributed by atoms with Crippen LogP contribution in [0.15, 0.2) is 42.6 Å². The van der Waals surface area contributed by atoms with Crippen LogP contribution in [0.5, 0.6) is 0 Å². The molecule has 100 valence electrons. The zero-order valence-corrected chi connectivity index (χ0v) is 11.5. The molecule has 2 nitrogen and oxygen atoms in total. The van der Waals surface area contributed by atoms with Gasteiger partial charge in [-0.2, -0.15) is 0 Å². The molecule has 0 radical (unpaired) electrons. The third-order valence-corrected chi connectivity index (χ3v) is 3.16. The van der Waals surface area contributed by atoms with Gasteiger partial charge in [0.15, 0.2) is 0 Å². The standard InChI is InChI=1S/C15H16ClFN2/c1-2-18-15(14-5-3-4-8-19-14)10-11-9-12(16)6-7-13(11)17/h3-9,15,18H,2,10H2,1H3. The Kier molecular flexibility index (Phi) is 4.88. The maximum atomic E-state index is 13.8. The van der Waals surface area contributed by atoms with E-state index in [0.717, 1.165) is 12.2 Å². The summed E-state index contributed by atoms with van der Waals surface area (Å²) in [5.41, 5.74) is 1.51. The Morgan fingerprint density at radius 1 is 1.32 bits per heavy atom. The van der Waals surface area contributed by atoms with E-state index in [9.17, 15) is 4.39 Å². The minimum Gasteiger partial charge on any atom is -0.309 e. The topological polar surface area (TPSA) is 24.9 Å². The molecule has 0 saturated carbocycles. The van der Waals surface area contributed by atoms with Crippen LogP contribution in [0.3, 0.4) is 0 Å². The lowest BCUT2D eigenvalue weighted by atomic mass is 10.0. The van der Waals surface area contributed by atoms with Crippen molar-refractivity contribution in [3.8, 4) is 0 Å². The Balaban J connectivity index is 2.24.